The first-order chi connectivity index (χ1) is 14.8. The van der Waals surface area contributed by atoms with Crippen molar-refractivity contribution in [2.45, 2.75) is 91.4 Å². The molecular weight excluding hydrogens is 575 g/mol. The molecule has 0 aromatic rings. The number of allylic oxidation sites excluding steroid dienone is 8. The molecule has 0 bridgehead atoms. The Balaban J connectivity index is 0.000000628. The third kappa shape index (κ3) is 6.01. The van der Waals surface area contributed by atoms with Gasteiger partial charge in [0.05, 0.1) is 0 Å². The van der Waals surface area contributed by atoms with Gasteiger partial charge in [-0.15, -0.1) is 0 Å². The minimum atomic E-state index is -1.43. The fourth-order valence-corrected chi connectivity index (χ4v) is 23.8. The monoisotopic (exact) mass is 622 g/mol. The van der Waals surface area contributed by atoms with Crippen LogP contribution in [0.2, 0.25) is 26.2 Å². The van der Waals surface area contributed by atoms with Crippen molar-refractivity contribution in [3.05, 3.63) is 41.4 Å². The van der Waals surface area contributed by atoms with Crippen LogP contribution in [0.3, 0.4) is 0 Å². The summed E-state index contributed by atoms with van der Waals surface area (Å²) >= 11 is -0.905. The predicted octanol–water partition coefficient (Wildman–Crippen LogP) is 6.98. The summed E-state index contributed by atoms with van der Waals surface area (Å²) < 4.78 is 9.65. The Kier molecular flexibility index (Phi) is 9.61. The minimum absolute atomic E-state index is 0.905. The van der Waals surface area contributed by atoms with Crippen LogP contribution >= 0.6 is 0 Å². The van der Waals surface area contributed by atoms with Gasteiger partial charge in [-0.05, 0) is 0 Å². The Hall–Kier alpha value is 0.184. The van der Waals surface area contributed by atoms with Gasteiger partial charge in [-0.1, -0.05) is 26.7 Å². The molecule has 0 atom stereocenters. The Morgan fingerprint density at radius 3 is 1.35 bits per heavy atom. The van der Waals surface area contributed by atoms with Gasteiger partial charge in [-0.25, -0.2) is 0 Å². The van der Waals surface area contributed by atoms with E-state index < -0.39 is 39.4 Å². The molecule has 0 amide bonds. The van der Waals surface area contributed by atoms with Crippen molar-refractivity contribution in [3.63, 3.8) is 0 Å². The van der Waals surface area contributed by atoms with Gasteiger partial charge < -0.3 is 0 Å². The Morgan fingerprint density at radius 1 is 0.677 bits per heavy atom. The molecule has 31 heavy (non-hydrogen) atoms. The molecule has 0 N–H and O–H groups in total. The van der Waals surface area contributed by atoms with E-state index in [9.17, 15) is 0 Å². The van der Waals surface area contributed by atoms with Crippen molar-refractivity contribution in [1.29, 1.82) is 0 Å². The SMILES string of the molecule is CCCC.C[Si](C)(C1=[C]([Hf][C]2=C([Si](C)(C)N3CCCC3)C=CC2)CC=C1)N1CCCC1. The van der Waals surface area contributed by atoms with Crippen LogP contribution in [-0.2, 0) is 22.9 Å². The van der Waals surface area contributed by atoms with Crippen LogP contribution in [0.25, 0.3) is 0 Å². The van der Waals surface area contributed by atoms with Crippen molar-refractivity contribution in [2.24, 2.45) is 0 Å². The van der Waals surface area contributed by atoms with E-state index in [2.05, 4.69) is 73.5 Å². The molecule has 0 unspecified atom stereocenters. The van der Waals surface area contributed by atoms with E-state index in [0.717, 1.165) is 0 Å². The summed E-state index contributed by atoms with van der Waals surface area (Å²) in [5.74, 6) is 0. The van der Waals surface area contributed by atoms with Crippen molar-refractivity contribution in [2.75, 3.05) is 26.2 Å². The molecular formula is C26H46HfN2Si2. The standard InChI is InChI=1S/2C11H18NSi.C4H10.Hf/c2*1-13(2,11-7-3-4-8-11)12-9-5-6-10-12;1-3-4-2;/h2*3,7H,4-6,9-10H2,1-2H3;3-4H2,1-2H3;. The van der Waals surface area contributed by atoms with Crippen LogP contribution < -0.4 is 0 Å². The molecule has 0 radical (unpaired) electrons. The van der Waals surface area contributed by atoms with Gasteiger partial charge in [0.15, 0.2) is 0 Å². The number of rotatable bonds is 7. The third-order valence-corrected chi connectivity index (χ3v) is 22.8. The van der Waals surface area contributed by atoms with E-state index in [4.69, 9.17) is 0 Å². The third-order valence-electron chi connectivity index (χ3n) is 7.78. The van der Waals surface area contributed by atoms with Crippen LogP contribution in [-0.4, -0.2) is 51.8 Å². The Bertz CT molecular complexity index is 675. The van der Waals surface area contributed by atoms with E-state index in [1.165, 1.54) is 77.5 Å². The average molecular weight is 621 g/mol. The first kappa shape index (κ1) is 25.8. The summed E-state index contributed by atoms with van der Waals surface area (Å²) in [6.45, 7) is 20.2. The van der Waals surface area contributed by atoms with E-state index in [0.29, 0.717) is 0 Å². The van der Waals surface area contributed by atoms with E-state index in [1.54, 1.807) is 0 Å². The van der Waals surface area contributed by atoms with Crippen molar-refractivity contribution in [3.8, 4) is 0 Å². The first-order valence-corrected chi connectivity index (χ1v) is 22.4. The van der Waals surface area contributed by atoms with Crippen LogP contribution in [0.5, 0.6) is 0 Å². The summed E-state index contributed by atoms with van der Waals surface area (Å²) in [4.78, 5) is 0. The molecule has 5 heteroatoms. The summed E-state index contributed by atoms with van der Waals surface area (Å²) in [6.07, 6.45) is 21.0. The molecule has 2 saturated heterocycles. The molecule has 0 aromatic heterocycles. The van der Waals surface area contributed by atoms with Crippen molar-refractivity contribution >= 4 is 16.5 Å². The van der Waals surface area contributed by atoms with Crippen molar-refractivity contribution < 1.29 is 22.9 Å². The quantitative estimate of drug-likeness (QED) is 0.283. The van der Waals surface area contributed by atoms with Gasteiger partial charge in [-0.2, -0.15) is 0 Å². The zero-order chi connectivity index (χ0) is 22.5. The molecule has 0 aromatic carbocycles. The summed E-state index contributed by atoms with van der Waals surface area (Å²) in [7, 11) is -2.87. The molecule has 2 fully saturated rings. The Morgan fingerprint density at radius 2 is 1.03 bits per heavy atom. The molecule has 2 heterocycles. The second kappa shape index (κ2) is 11.5. The molecule has 2 nitrogen and oxygen atoms in total. The topological polar surface area (TPSA) is 6.48 Å². The van der Waals surface area contributed by atoms with Gasteiger partial charge in [-0.3, -0.25) is 0 Å². The van der Waals surface area contributed by atoms with Crippen LogP contribution in [0.1, 0.15) is 65.2 Å². The van der Waals surface area contributed by atoms with Crippen molar-refractivity contribution in [1.82, 2.24) is 9.13 Å². The summed E-state index contributed by atoms with van der Waals surface area (Å²) in [5.41, 5.74) is 0. The maximum atomic E-state index is 2.88. The maximum absolute atomic E-state index is 2.88. The molecule has 2 aliphatic heterocycles. The van der Waals surface area contributed by atoms with E-state index in [-0.39, 0.29) is 0 Å². The molecule has 0 spiro atoms. The van der Waals surface area contributed by atoms with Gasteiger partial charge in [0.1, 0.15) is 0 Å². The second-order valence-corrected chi connectivity index (χ2v) is 24.4. The molecule has 172 valence electrons. The average Bonchev–Trinajstić information content (AvgIpc) is 3.56. The van der Waals surface area contributed by atoms with Crippen LogP contribution in [0.4, 0.5) is 0 Å². The number of unbranched alkanes of at least 4 members (excludes halogenated alkanes) is 1. The number of hydrogen-bond acceptors (Lipinski definition) is 2. The molecule has 4 aliphatic rings. The fourth-order valence-electron chi connectivity index (χ4n) is 5.47. The summed E-state index contributed by atoms with van der Waals surface area (Å²) in [5, 5.41) is 3.68. The van der Waals surface area contributed by atoms with E-state index >= 15 is 0 Å². The zero-order valence-electron chi connectivity index (χ0n) is 21.2. The number of hydrogen-bond donors (Lipinski definition) is 0. The van der Waals surface area contributed by atoms with Gasteiger partial charge in [0.25, 0.3) is 0 Å². The predicted molar refractivity (Wildman–Crippen MR) is 139 cm³/mol. The molecule has 0 saturated carbocycles. The van der Waals surface area contributed by atoms with Gasteiger partial charge in [0, 0.05) is 0 Å². The van der Waals surface area contributed by atoms with E-state index in [1.807, 2.05) is 17.1 Å². The summed E-state index contributed by atoms with van der Waals surface area (Å²) in [6, 6.07) is 0. The molecule has 4 rings (SSSR count). The Labute approximate surface area is 206 Å². The van der Waals surface area contributed by atoms with Gasteiger partial charge in [0.2, 0.25) is 0 Å². The second-order valence-electron chi connectivity index (χ2n) is 10.6. The van der Waals surface area contributed by atoms with Crippen LogP contribution in [0.15, 0.2) is 41.4 Å². The fraction of sp³-hybridized carbons (Fsp3) is 0.692. The number of nitrogens with zero attached hydrogens (tertiary/aromatic N) is 2. The first-order valence-electron chi connectivity index (χ1n) is 12.9. The zero-order valence-corrected chi connectivity index (χ0v) is 26.8. The van der Waals surface area contributed by atoms with Crippen LogP contribution in [0, 0.1) is 0 Å². The molecule has 2 aliphatic carbocycles. The normalized spacial score (nSPS) is 22.6. The van der Waals surface area contributed by atoms with Gasteiger partial charge >= 0.3 is 181 Å².